The molecule has 1 fully saturated rings. The van der Waals surface area contributed by atoms with Gasteiger partial charge in [0.1, 0.15) is 4.21 Å². The van der Waals surface area contributed by atoms with Crippen molar-refractivity contribution in [3.63, 3.8) is 0 Å². The van der Waals surface area contributed by atoms with E-state index in [1.807, 2.05) is 18.2 Å². The molecule has 1 aromatic heterocycles. The van der Waals surface area contributed by atoms with Gasteiger partial charge in [-0.2, -0.15) is 4.31 Å². The largest absolute Gasteiger partial charge is 0.355 e. The van der Waals surface area contributed by atoms with Crippen LogP contribution in [0, 0.1) is 5.92 Å². The second-order valence-electron chi connectivity index (χ2n) is 6.67. The number of hydrogen-bond donors (Lipinski definition) is 1. The summed E-state index contributed by atoms with van der Waals surface area (Å²) in [5.41, 5.74) is 1.20. The van der Waals surface area contributed by atoms with Crippen LogP contribution in [0.4, 0.5) is 0 Å². The Bertz CT molecular complexity index is 812. The molecule has 3 rings (SSSR count). The van der Waals surface area contributed by atoms with Crippen molar-refractivity contribution in [2.45, 2.75) is 29.9 Å². The van der Waals surface area contributed by atoms with Gasteiger partial charge in [-0.25, -0.2) is 8.42 Å². The summed E-state index contributed by atoms with van der Waals surface area (Å²) in [6.07, 6.45) is 1.13. The Balaban J connectivity index is 1.49. The van der Waals surface area contributed by atoms with Gasteiger partial charge in [0.15, 0.2) is 0 Å². The number of rotatable bonds is 6. The van der Waals surface area contributed by atoms with Gasteiger partial charge >= 0.3 is 0 Å². The second kappa shape index (κ2) is 8.33. The van der Waals surface area contributed by atoms with Crippen LogP contribution in [0.3, 0.4) is 0 Å². The molecule has 1 atom stereocenters. The van der Waals surface area contributed by atoms with Gasteiger partial charge in [0.2, 0.25) is 5.91 Å². The molecule has 0 aliphatic carbocycles. The summed E-state index contributed by atoms with van der Waals surface area (Å²) >= 11 is 1.23. The first-order valence-electron chi connectivity index (χ1n) is 8.85. The van der Waals surface area contributed by atoms with Crippen LogP contribution in [0.5, 0.6) is 0 Å². The van der Waals surface area contributed by atoms with Gasteiger partial charge in [0.05, 0.1) is 0 Å². The zero-order chi connectivity index (χ0) is 18.6. The third kappa shape index (κ3) is 4.34. The summed E-state index contributed by atoms with van der Waals surface area (Å²) in [6.45, 7) is 3.47. The molecule has 0 bridgehead atoms. The van der Waals surface area contributed by atoms with Gasteiger partial charge < -0.3 is 5.32 Å². The standard InChI is InChI=1S/C19H24N2O3S2/c1-15(16-6-3-2-4-7-16)14-20-19(22)17-9-11-21(12-10-17)26(23,24)18-8-5-13-25-18/h2-8,13,15,17H,9-12,14H2,1H3,(H,20,22). The summed E-state index contributed by atoms with van der Waals surface area (Å²) in [5, 5.41) is 4.79. The highest BCUT2D eigenvalue weighted by Crippen LogP contribution is 2.26. The lowest BCUT2D eigenvalue weighted by molar-refractivity contribution is -0.126. The predicted molar refractivity (Wildman–Crippen MR) is 104 cm³/mol. The second-order valence-corrected chi connectivity index (χ2v) is 9.78. The molecule has 1 aliphatic heterocycles. The van der Waals surface area contributed by atoms with Crippen molar-refractivity contribution < 1.29 is 13.2 Å². The summed E-state index contributed by atoms with van der Waals surface area (Å²) in [6, 6.07) is 13.5. The fourth-order valence-corrected chi connectivity index (χ4v) is 5.81. The van der Waals surface area contributed by atoms with Crippen molar-refractivity contribution in [3.05, 3.63) is 53.4 Å². The quantitative estimate of drug-likeness (QED) is 0.822. The third-order valence-electron chi connectivity index (χ3n) is 4.87. The molecule has 1 N–H and O–H groups in total. The lowest BCUT2D eigenvalue weighted by atomic mass is 9.96. The maximum atomic E-state index is 12.5. The van der Waals surface area contributed by atoms with E-state index in [0.717, 1.165) is 0 Å². The van der Waals surface area contributed by atoms with Crippen LogP contribution in [0.25, 0.3) is 0 Å². The highest BCUT2D eigenvalue weighted by atomic mass is 32.2. The molecule has 7 heteroatoms. The average Bonchev–Trinajstić information content (AvgIpc) is 3.22. The minimum absolute atomic E-state index is 0.0287. The normalized spacial score (nSPS) is 17.7. The summed E-state index contributed by atoms with van der Waals surface area (Å²) in [4.78, 5) is 12.4. The summed E-state index contributed by atoms with van der Waals surface area (Å²) in [5.74, 6) is 0.160. The van der Waals surface area contributed by atoms with E-state index >= 15 is 0 Å². The van der Waals surface area contributed by atoms with Crippen molar-refractivity contribution >= 4 is 27.3 Å². The third-order valence-corrected chi connectivity index (χ3v) is 8.14. The molecule has 0 spiro atoms. The van der Waals surface area contributed by atoms with E-state index in [-0.39, 0.29) is 17.7 Å². The fraction of sp³-hybridized carbons (Fsp3) is 0.421. The monoisotopic (exact) mass is 392 g/mol. The lowest BCUT2D eigenvalue weighted by Crippen LogP contribution is -2.43. The average molecular weight is 393 g/mol. The number of hydrogen-bond acceptors (Lipinski definition) is 4. The van der Waals surface area contributed by atoms with Crippen molar-refractivity contribution in [1.29, 1.82) is 0 Å². The Morgan fingerprint density at radius 2 is 1.88 bits per heavy atom. The number of amides is 1. The van der Waals surface area contributed by atoms with Crippen LogP contribution in [0.15, 0.2) is 52.1 Å². The number of carbonyl (C=O) groups excluding carboxylic acids is 1. The molecular weight excluding hydrogens is 368 g/mol. The van der Waals surface area contributed by atoms with Gasteiger partial charge in [-0.3, -0.25) is 4.79 Å². The summed E-state index contributed by atoms with van der Waals surface area (Å²) < 4.78 is 26.9. The van der Waals surface area contributed by atoms with Crippen molar-refractivity contribution in [2.75, 3.05) is 19.6 Å². The minimum Gasteiger partial charge on any atom is -0.355 e. The van der Waals surface area contributed by atoms with E-state index in [0.29, 0.717) is 36.7 Å². The van der Waals surface area contributed by atoms with Gasteiger partial charge in [-0.15, -0.1) is 11.3 Å². The minimum atomic E-state index is -3.41. The smallest absolute Gasteiger partial charge is 0.252 e. The van der Waals surface area contributed by atoms with Gasteiger partial charge in [0.25, 0.3) is 10.0 Å². The summed E-state index contributed by atoms with van der Waals surface area (Å²) in [7, 11) is -3.41. The maximum absolute atomic E-state index is 12.5. The Labute approximate surface area is 159 Å². The molecule has 1 aliphatic rings. The Morgan fingerprint density at radius 1 is 1.19 bits per heavy atom. The molecule has 2 heterocycles. The van der Waals surface area contributed by atoms with Crippen LogP contribution in [0.2, 0.25) is 0 Å². The Kier molecular flexibility index (Phi) is 6.11. The number of piperidine rings is 1. The van der Waals surface area contributed by atoms with Gasteiger partial charge in [0, 0.05) is 25.6 Å². The molecule has 1 aromatic carbocycles. The first-order valence-corrected chi connectivity index (χ1v) is 11.2. The highest BCUT2D eigenvalue weighted by molar-refractivity contribution is 7.91. The molecule has 1 unspecified atom stereocenters. The van der Waals surface area contributed by atoms with E-state index in [4.69, 9.17) is 0 Å². The van der Waals surface area contributed by atoms with Crippen LogP contribution < -0.4 is 5.32 Å². The number of nitrogens with zero attached hydrogens (tertiary/aromatic N) is 1. The fourth-order valence-electron chi connectivity index (χ4n) is 3.19. The number of thiophene rings is 1. The zero-order valence-corrected chi connectivity index (χ0v) is 16.4. The Morgan fingerprint density at radius 3 is 2.50 bits per heavy atom. The first-order chi connectivity index (χ1) is 12.5. The van der Waals surface area contributed by atoms with E-state index in [2.05, 4.69) is 24.4 Å². The molecular formula is C19H24N2O3S2. The van der Waals surface area contributed by atoms with E-state index in [1.165, 1.54) is 21.2 Å². The molecule has 0 radical (unpaired) electrons. The van der Waals surface area contributed by atoms with Crippen molar-refractivity contribution in [3.8, 4) is 0 Å². The number of sulfonamides is 1. The molecule has 1 saturated heterocycles. The van der Waals surface area contributed by atoms with Crippen LogP contribution >= 0.6 is 11.3 Å². The van der Waals surface area contributed by atoms with E-state index < -0.39 is 10.0 Å². The number of carbonyl (C=O) groups is 1. The maximum Gasteiger partial charge on any atom is 0.252 e. The Hall–Kier alpha value is -1.70. The SMILES string of the molecule is CC(CNC(=O)C1CCN(S(=O)(=O)c2cccs2)CC1)c1ccccc1. The number of benzene rings is 1. The topological polar surface area (TPSA) is 66.5 Å². The lowest BCUT2D eigenvalue weighted by Gasteiger charge is -2.30. The number of nitrogens with one attached hydrogen (secondary N) is 1. The van der Waals surface area contributed by atoms with E-state index in [1.54, 1.807) is 17.5 Å². The molecule has 140 valence electrons. The van der Waals surface area contributed by atoms with Gasteiger partial charge in [-0.05, 0) is 35.8 Å². The van der Waals surface area contributed by atoms with Crippen molar-refractivity contribution in [1.82, 2.24) is 9.62 Å². The highest BCUT2D eigenvalue weighted by Gasteiger charge is 2.32. The molecule has 5 nitrogen and oxygen atoms in total. The zero-order valence-electron chi connectivity index (χ0n) is 14.8. The molecule has 26 heavy (non-hydrogen) atoms. The van der Waals surface area contributed by atoms with Crippen LogP contribution in [-0.4, -0.2) is 38.3 Å². The molecule has 1 amide bonds. The van der Waals surface area contributed by atoms with Gasteiger partial charge in [-0.1, -0.05) is 43.3 Å². The first kappa shape index (κ1) is 19.1. The van der Waals surface area contributed by atoms with Crippen LogP contribution in [-0.2, 0) is 14.8 Å². The molecule has 2 aromatic rings. The predicted octanol–water partition coefficient (Wildman–Crippen LogP) is 3.07. The van der Waals surface area contributed by atoms with Crippen LogP contribution in [0.1, 0.15) is 31.2 Å². The molecule has 0 saturated carbocycles. The van der Waals surface area contributed by atoms with E-state index in [9.17, 15) is 13.2 Å². The van der Waals surface area contributed by atoms with Crippen molar-refractivity contribution in [2.24, 2.45) is 5.92 Å².